The van der Waals surface area contributed by atoms with Crippen LogP contribution in [0.4, 0.5) is 0 Å². The van der Waals surface area contributed by atoms with E-state index < -0.39 is 47.9 Å². The van der Waals surface area contributed by atoms with Gasteiger partial charge in [0, 0.05) is 24.2 Å². The van der Waals surface area contributed by atoms with E-state index in [0.717, 1.165) is 0 Å². The van der Waals surface area contributed by atoms with E-state index in [1.165, 1.54) is 13.2 Å². The van der Waals surface area contributed by atoms with Crippen LogP contribution >= 0.6 is 0 Å². The summed E-state index contributed by atoms with van der Waals surface area (Å²) in [5, 5.41) is 33.7. The second kappa shape index (κ2) is 14.2. The topological polar surface area (TPSA) is 170 Å². The zero-order valence-corrected chi connectivity index (χ0v) is 28.0. The minimum absolute atomic E-state index is 0. The molecule has 3 atom stereocenters. The number of hydrogen-bond donors (Lipinski definition) is 2. The van der Waals surface area contributed by atoms with Crippen molar-refractivity contribution >= 4 is 17.9 Å². The number of methoxy groups -OCH3 is 1. The predicted octanol–water partition coefficient (Wildman–Crippen LogP) is 0.112. The number of hydrogen-bond acceptors (Lipinski definition) is 10. The third-order valence-electron chi connectivity index (χ3n) is 8.15. The van der Waals surface area contributed by atoms with E-state index in [1.54, 1.807) is 55.5 Å². The average molecular weight is 645 g/mol. The summed E-state index contributed by atoms with van der Waals surface area (Å²) >= 11 is 0. The smallest absolute Gasteiger partial charge is 0.547 e. The van der Waals surface area contributed by atoms with Gasteiger partial charge in [-0.1, -0.05) is 25.1 Å². The van der Waals surface area contributed by atoms with Gasteiger partial charge in [-0.05, 0) is 60.4 Å². The summed E-state index contributed by atoms with van der Waals surface area (Å²) in [5.41, 5.74) is -3.09. The fourth-order valence-corrected chi connectivity index (χ4v) is 6.55. The molecule has 3 aromatic rings. The molecule has 0 saturated heterocycles. The molecule has 0 bridgehead atoms. The van der Waals surface area contributed by atoms with Crippen LogP contribution in [0.2, 0.25) is 0 Å². The Morgan fingerprint density at radius 1 is 0.913 bits per heavy atom. The maximum Gasteiger partial charge on any atom is 1.00 e. The molecule has 5 rings (SSSR count). The van der Waals surface area contributed by atoms with E-state index in [1.807, 2.05) is 6.92 Å². The Bertz CT molecular complexity index is 1620. The van der Waals surface area contributed by atoms with Crippen molar-refractivity contribution in [3.63, 3.8) is 0 Å². The zero-order chi connectivity index (χ0) is 32.4. The van der Waals surface area contributed by atoms with Crippen LogP contribution in [0, 0.1) is 0 Å². The number of carbonyl (C=O) groups is 3. The van der Waals surface area contributed by atoms with Crippen molar-refractivity contribution < 1.29 is 87.7 Å². The molecule has 1 heterocycles. The van der Waals surface area contributed by atoms with E-state index in [-0.39, 0.29) is 59.8 Å². The first-order valence-electron chi connectivity index (χ1n) is 14.4. The number of carbonyl (C=O) groups excluding carboxylic acids is 1. The van der Waals surface area contributed by atoms with Crippen molar-refractivity contribution in [2.75, 3.05) is 33.7 Å². The molecular formula is C33H33NaO12. The van der Waals surface area contributed by atoms with Crippen LogP contribution in [0.3, 0.4) is 0 Å². The largest absolute Gasteiger partial charge is 1.00 e. The molecule has 3 aromatic carbocycles. The molecule has 12 nitrogen and oxygen atoms in total. The summed E-state index contributed by atoms with van der Waals surface area (Å²) in [6.07, 6.45) is -0.0188. The van der Waals surface area contributed by atoms with Crippen LogP contribution in [-0.4, -0.2) is 67.4 Å². The number of rotatable bonds is 14. The minimum Gasteiger partial charge on any atom is -0.547 e. The van der Waals surface area contributed by atoms with Gasteiger partial charge in [0.1, 0.15) is 22.8 Å². The third kappa shape index (κ3) is 5.86. The number of fused-ring (bicyclic) bond motifs is 2. The predicted molar refractivity (Wildman–Crippen MR) is 155 cm³/mol. The van der Waals surface area contributed by atoms with Crippen molar-refractivity contribution in [2.45, 2.75) is 43.6 Å². The second-order valence-electron chi connectivity index (χ2n) is 10.6. The summed E-state index contributed by atoms with van der Waals surface area (Å²) in [4.78, 5) is 38.2. The quantitative estimate of drug-likeness (QED) is 0.228. The van der Waals surface area contributed by atoms with Crippen molar-refractivity contribution in [1.29, 1.82) is 0 Å². The van der Waals surface area contributed by atoms with Gasteiger partial charge in [0.15, 0.2) is 18.1 Å². The molecule has 1 aliphatic carbocycles. The van der Waals surface area contributed by atoms with E-state index in [4.69, 9.17) is 28.4 Å². The second-order valence-corrected chi connectivity index (χ2v) is 10.6. The Kier molecular flexibility index (Phi) is 10.8. The number of benzene rings is 3. The molecule has 46 heavy (non-hydrogen) atoms. The number of carboxylic acids is 3. The average Bonchev–Trinajstić information content (AvgIpc) is 3.58. The summed E-state index contributed by atoms with van der Waals surface area (Å²) in [6.45, 7) is 2.96. The molecular weight excluding hydrogens is 611 g/mol. The Balaban J connectivity index is 0.00000480. The number of aliphatic carboxylic acids is 3. The third-order valence-corrected chi connectivity index (χ3v) is 8.15. The molecule has 0 aromatic heterocycles. The standard InChI is InChI=1S/C33H34O12.Na/c1-4-12-41-21-8-10-24-23(14-21)30(22-9-7-20(40-3)15-26(22)42-17-29(36)37)33(31(38)39,45-5-2)32(24,16-28(34)35)19-6-11-25-27(13-19)44-18-43-25;/h6-11,13-15,30H,4-5,12,16-18H2,1-3H3,(H,34,35)(H,36,37)(H,38,39);/q;+1/p-1/t30-,32+,33+;/m1./s1. The van der Waals surface area contributed by atoms with Crippen molar-refractivity contribution in [1.82, 2.24) is 0 Å². The molecule has 1 aliphatic heterocycles. The Morgan fingerprint density at radius 2 is 1.65 bits per heavy atom. The molecule has 238 valence electrons. The van der Waals surface area contributed by atoms with Crippen molar-refractivity contribution in [3.8, 4) is 28.7 Å². The molecule has 2 aliphatic rings. The summed E-state index contributed by atoms with van der Waals surface area (Å²) in [5.74, 6) is -4.04. The van der Waals surface area contributed by atoms with Gasteiger partial charge in [0.05, 0.1) is 31.5 Å². The molecule has 0 spiro atoms. The monoisotopic (exact) mass is 644 g/mol. The van der Waals surface area contributed by atoms with Gasteiger partial charge < -0.3 is 48.5 Å². The first-order chi connectivity index (χ1) is 21.6. The maximum absolute atomic E-state index is 13.9. The molecule has 0 fully saturated rings. The Morgan fingerprint density at radius 3 is 2.30 bits per heavy atom. The van der Waals surface area contributed by atoms with Crippen LogP contribution in [0.5, 0.6) is 28.7 Å². The zero-order valence-electron chi connectivity index (χ0n) is 26.0. The first-order valence-corrected chi connectivity index (χ1v) is 14.4. The molecule has 13 heteroatoms. The van der Waals surface area contributed by atoms with E-state index in [9.17, 15) is 29.7 Å². The SMILES string of the molecule is CCCOc1ccc2c(c1)[C@@H](c1ccc(OC)cc1OCC(=O)O)[C@](OCC)(C(=O)[O-])[C@@]2(CC(=O)O)c1ccc2c(c1)OCO2.[Na+]. The fourth-order valence-electron chi connectivity index (χ4n) is 6.55. The van der Waals surface area contributed by atoms with E-state index in [2.05, 4.69) is 0 Å². The first kappa shape index (κ1) is 34.9. The summed E-state index contributed by atoms with van der Waals surface area (Å²) in [7, 11) is 1.42. The minimum atomic E-state index is -2.41. The van der Waals surface area contributed by atoms with E-state index in [0.29, 0.717) is 47.2 Å². The molecule has 0 amide bonds. The van der Waals surface area contributed by atoms with Crippen molar-refractivity contribution in [2.24, 2.45) is 0 Å². The molecule has 0 radical (unpaired) electrons. The van der Waals surface area contributed by atoms with E-state index >= 15 is 0 Å². The molecule has 0 unspecified atom stereocenters. The maximum atomic E-state index is 13.9. The van der Waals surface area contributed by atoms with Gasteiger partial charge in [-0.3, -0.25) is 4.79 Å². The van der Waals surface area contributed by atoms with Gasteiger partial charge >= 0.3 is 41.5 Å². The van der Waals surface area contributed by atoms with Crippen LogP contribution < -0.4 is 58.3 Å². The van der Waals surface area contributed by atoms with Crippen LogP contribution in [0.1, 0.15) is 54.9 Å². The summed E-state index contributed by atoms with van der Waals surface area (Å²) in [6, 6.07) is 14.3. The Hall–Kier alpha value is -3.97. The Labute approximate surface area is 287 Å². The van der Waals surface area contributed by atoms with Crippen LogP contribution in [0.25, 0.3) is 0 Å². The van der Waals surface area contributed by atoms with Gasteiger partial charge in [0.25, 0.3) is 0 Å². The number of carboxylic acid groups (broad SMARTS) is 3. The fraction of sp³-hybridized carbons (Fsp3) is 0.364. The van der Waals surface area contributed by atoms with Crippen LogP contribution in [0.15, 0.2) is 54.6 Å². The van der Waals surface area contributed by atoms with Crippen molar-refractivity contribution in [3.05, 3.63) is 76.9 Å². The van der Waals surface area contributed by atoms with Gasteiger partial charge in [-0.25, -0.2) is 4.79 Å². The van der Waals surface area contributed by atoms with Gasteiger partial charge in [-0.2, -0.15) is 0 Å². The normalized spacial score (nSPS) is 20.7. The molecule has 0 saturated carbocycles. The van der Waals surface area contributed by atoms with Gasteiger partial charge in [0.2, 0.25) is 6.79 Å². The molecule has 2 N–H and O–H groups in total. The van der Waals surface area contributed by atoms with Crippen LogP contribution in [-0.2, 0) is 24.5 Å². The summed E-state index contributed by atoms with van der Waals surface area (Å²) < 4.78 is 34.4. The van der Waals surface area contributed by atoms with Gasteiger partial charge in [-0.15, -0.1) is 0 Å². The number of ether oxygens (including phenoxy) is 6.